The Morgan fingerprint density at radius 3 is 2.10 bits per heavy atom. The van der Waals surface area contributed by atoms with Crippen molar-refractivity contribution >= 4 is 5.71 Å². The lowest BCUT2D eigenvalue weighted by Crippen LogP contribution is -2.44. The van der Waals surface area contributed by atoms with Gasteiger partial charge in [0.15, 0.2) is 0 Å². The van der Waals surface area contributed by atoms with Gasteiger partial charge in [0.25, 0.3) is 0 Å². The third-order valence-corrected chi connectivity index (χ3v) is 5.97. The highest BCUT2D eigenvalue weighted by Gasteiger charge is 2.13. The highest BCUT2D eigenvalue weighted by atomic mass is 16.4. The predicted molar refractivity (Wildman–Crippen MR) is 121 cm³/mol. The normalized spacial score (nSPS) is 16.2. The Kier molecular flexibility index (Phi) is 8.72. The van der Waals surface area contributed by atoms with Gasteiger partial charge in [-0.1, -0.05) is 59.8 Å². The lowest BCUT2D eigenvalue weighted by molar-refractivity contribution is 0.153. The molecule has 1 aliphatic heterocycles. The molecule has 1 heterocycles. The minimum atomic E-state index is 0.783. The molecule has 2 aromatic carbocycles. The van der Waals surface area contributed by atoms with Gasteiger partial charge in [-0.15, -0.1) is 0 Å². The van der Waals surface area contributed by atoms with Crippen LogP contribution in [-0.2, 0) is 12.8 Å². The summed E-state index contributed by atoms with van der Waals surface area (Å²) in [4.78, 5) is 5.01. The van der Waals surface area contributed by atoms with Crippen LogP contribution in [0.25, 0.3) is 0 Å². The molecule has 156 valence electrons. The van der Waals surface area contributed by atoms with Crippen molar-refractivity contribution in [2.75, 3.05) is 39.8 Å². The number of nitrogens with zero attached hydrogens (tertiary/aromatic N) is 3. The van der Waals surface area contributed by atoms with Crippen molar-refractivity contribution < 1.29 is 5.21 Å². The third kappa shape index (κ3) is 6.98. The van der Waals surface area contributed by atoms with Crippen molar-refractivity contribution in [1.82, 2.24) is 9.80 Å². The van der Waals surface area contributed by atoms with Crippen LogP contribution in [0.15, 0.2) is 59.8 Å². The van der Waals surface area contributed by atoms with Crippen LogP contribution in [0.3, 0.4) is 0 Å². The summed E-state index contributed by atoms with van der Waals surface area (Å²) in [6, 6.07) is 18.9. The first-order valence-electron chi connectivity index (χ1n) is 11.0. The molecule has 0 spiro atoms. The average molecular weight is 394 g/mol. The van der Waals surface area contributed by atoms with Gasteiger partial charge in [0.05, 0.1) is 5.71 Å². The molecule has 0 atom stereocenters. The average Bonchev–Trinajstić information content (AvgIpc) is 2.77. The quantitative estimate of drug-likeness (QED) is 0.280. The van der Waals surface area contributed by atoms with Crippen LogP contribution in [0.4, 0.5) is 0 Å². The number of aryl methyl sites for hydroxylation is 2. The standard InChI is InChI=1S/C25H35N3O/c1-27-18-20-28(21-19-27)17-9-15-23-11-6-5-10-22(23)12-7-8-16-25(26-29)24-13-3-2-4-14-24/h2-6,10-11,13-14,29H,7-9,12,15-21H2,1H3. The summed E-state index contributed by atoms with van der Waals surface area (Å²) < 4.78 is 0. The van der Waals surface area contributed by atoms with E-state index in [1.165, 1.54) is 50.3 Å². The fourth-order valence-corrected chi connectivity index (χ4v) is 4.10. The maximum Gasteiger partial charge on any atom is 0.0867 e. The second-order valence-corrected chi connectivity index (χ2v) is 8.14. The number of unbranched alkanes of at least 4 members (excludes halogenated alkanes) is 1. The SMILES string of the molecule is CN1CCN(CCCc2ccccc2CCCCC(=NO)c2ccccc2)CC1. The molecule has 2 aromatic rings. The molecular weight excluding hydrogens is 358 g/mol. The zero-order valence-electron chi connectivity index (χ0n) is 17.8. The molecule has 0 aliphatic carbocycles. The molecule has 1 saturated heterocycles. The van der Waals surface area contributed by atoms with Gasteiger partial charge in [0.1, 0.15) is 0 Å². The molecule has 1 fully saturated rings. The van der Waals surface area contributed by atoms with E-state index in [-0.39, 0.29) is 0 Å². The Morgan fingerprint density at radius 1 is 0.828 bits per heavy atom. The van der Waals surface area contributed by atoms with Gasteiger partial charge < -0.3 is 15.0 Å². The Balaban J connectivity index is 1.42. The van der Waals surface area contributed by atoms with Crippen molar-refractivity contribution in [3.8, 4) is 0 Å². The third-order valence-electron chi connectivity index (χ3n) is 5.97. The first-order valence-corrected chi connectivity index (χ1v) is 11.0. The number of likely N-dealkylation sites (N-methyl/N-ethyl adjacent to an activating group) is 1. The molecular formula is C25H35N3O. The molecule has 3 rings (SSSR count). The van der Waals surface area contributed by atoms with Crippen molar-refractivity contribution in [2.45, 2.75) is 38.5 Å². The van der Waals surface area contributed by atoms with E-state index in [4.69, 9.17) is 0 Å². The smallest absolute Gasteiger partial charge is 0.0867 e. The summed E-state index contributed by atoms with van der Waals surface area (Å²) in [5.41, 5.74) is 4.78. The first kappa shape index (κ1) is 21.5. The van der Waals surface area contributed by atoms with E-state index in [0.717, 1.165) is 43.4 Å². The molecule has 4 heteroatoms. The zero-order valence-corrected chi connectivity index (χ0v) is 17.8. The highest BCUT2D eigenvalue weighted by Crippen LogP contribution is 2.16. The number of hydrogen-bond donors (Lipinski definition) is 1. The number of oxime groups is 1. The lowest BCUT2D eigenvalue weighted by atomic mass is 9.97. The second kappa shape index (κ2) is 11.7. The summed E-state index contributed by atoms with van der Waals surface area (Å²) in [6.45, 7) is 6.00. The Morgan fingerprint density at radius 2 is 1.45 bits per heavy atom. The van der Waals surface area contributed by atoms with Crippen molar-refractivity contribution in [3.63, 3.8) is 0 Å². The van der Waals surface area contributed by atoms with Crippen LogP contribution in [0, 0.1) is 0 Å². The van der Waals surface area contributed by atoms with E-state index in [9.17, 15) is 5.21 Å². The van der Waals surface area contributed by atoms with Gasteiger partial charge in [0.2, 0.25) is 0 Å². The molecule has 1 N–H and O–H groups in total. The summed E-state index contributed by atoms with van der Waals surface area (Å²) in [6.07, 6.45) is 6.45. The fourth-order valence-electron chi connectivity index (χ4n) is 4.10. The second-order valence-electron chi connectivity index (χ2n) is 8.14. The van der Waals surface area contributed by atoms with Crippen LogP contribution in [0.1, 0.15) is 42.4 Å². The molecule has 0 saturated carbocycles. The Labute approximate surface area is 175 Å². The van der Waals surface area contributed by atoms with E-state index >= 15 is 0 Å². The van der Waals surface area contributed by atoms with Gasteiger partial charge in [-0.05, 0) is 68.8 Å². The monoisotopic (exact) mass is 393 g/mol. The molecule has 0 unspecified atom stereocenters. The topological polar surface area (TPSA) is 39.1 Å². The highest BCUT2D eigenvalue weighted by molar-refractivity contribution is 6.00. The predicted octanol–water partition coefficient (Wildman–Crippen LogP) is 4.46. The minimum Gasteiger partial charge on any atom is -0.411 e. The van der Waals surface area contributed by atoms with Gasteiger partial charge in [-0.2, -0.15) is 0 Å². The van der Waals surface area contributed by atoms with Crippen LogP contribution < -0.4 is 0 Å². The van der Waals surface area contributed by atoms with E-state index in [1.807, 2.05) is 30.3 Å². The molecule has 0 aromatic heterocycles. The van der Waals surface area contributed by atoms with Crippen LogP contribution in [0.5, 0.6) is 0 Å². The Hall–Kier alpha value is -2.17. The number of piperazine rings is 1. The van der Waals surface area contributed by atoms with Gasteiger partial charge >= 0.3 is 0 Å². The maximum absolute atomic E-state index is 9.34. The fraction of sp³-hybridized carbons (Fsp3) is 0.480. The number of rotatable bonds is 10. The molecule has 0 bridgehead atoms. The van der Waals surface area contributed by atoms with E-state index in [0.29, 0.717) is 0 Å². The first-order chi connectivity index (χ1) is 14.3. The van der Waals surface area contributed by atoms with Crippen molar-refractivity contribution in [1.29, 1.82) is 0 Å². The van der Waals surface area contributed by atoms with Crippen LogP contribution in [-0.4, -0.2) is 60.5 Å². The summed E-state index contributed by atoms with van der Waals surface area (Å²) in [5.74, 6) is 0. The molecule has 1 aliphatic rings. The van der Waals surface area contributed by atoms with Crippen LogP contribution in [0.2, 0.25) is 0 Å². The maximum atomic E-state index is 9.34. The molecule has 0 amide bonds. The summed E-state index contributed by atoms with van der Waals surface area (Å²) in [5, 5.41) is 12.9. The Bertz CT molecular complexity index is 752. The largest absolute Gasteiger partial charge is 0.411 e. The van der Waals surface area contributed by atoms with Gasteiger partial charge in [-0.3, -0.25) is 0 Å². The van der Waals surface area contributed by atoms with E-state index in [1.54, 1.807) is 0 Å². The van der Waals surface area contributed by atoms with Crippen LogP contribution >= 0.6 is 0 Å². The minimum absolute atomic E-state index is 0.783. The molecule has 29 heavy (non-hydrogen) atoms. The summed E-state index contributed by atoms with van der Waals surface area (Å²) in [7, 11) is 2.21. The zero-order chi connectivity index (χ0) is 20.3. The summed E-state index contributed by atoms with van der Waals surface area (Å²) >= 11 is 0. The van der Waals surface area contributed by atoms with Gasteiger partial charge in [0, 0.05) is 26.2 Å². The molecule has 0 radical (unpaired) electrons. The van der Waals surface area contributed by atoms with Crippen molar-refractivity contribution in [2.24, 2.45) is 5.16 Å². The number of hydrogen-bond acceptors (Lipinski definition) is 4. The molecule has 4 nitrogen and oxygen atoms in total. The van der Waals surface area contributed by atoms with Crippen molar-refractivity contribution in [3.05, 3.63) is 71.3 Å². The number of benzene rings is 2. The van der Waals surface area contributed by atoms with Gasteiger partial charge in [-0.25, -0.2) is 0 Å². The lowest BCUT2D eigenvalue weighted by Gasteiger charge is -2.32. The van der Waals surface area contributed by atoms with E-state index in [2.05, 4.69) is 46.3 Å². The van der Waals surface area contributed by atoms with E-state index < -0.39 is 0 Å².